The van der Waals surface area contributed by atoms with Crippen molar-refractivity contribution in [3.63, 3.8) is 0 Å². The molecule has 1 aromatic carbocycles. The van der Waals surface area contributed by atoms with E-state index < -0.39 is 0 Å². The van der Waals surface area contributed by atoms with E-state index in [1.807, 2.05) is 0 Å². The number of amides is 2. The molecule has 0 radical (unpaired) electrons. The van der Waals surface area contributed by atoms with E-state index in [2.05, 4.69) is 0 Å². The second kappa shape index (κ2) is 6.97. The summed E-state index contributed by atoms with van der Waals surface area (Å²) in [6.07, 6.45) is 2.04. The van der Waals surface area contributed by atoms with Gasteiger partial charge in [0.25, 0.3) is 5.91 Å². The van der Waals surface area contributed by atoms with E-state index in [9.17, 15) is 9.59 Å². The zero-order valence-electron chi connectivity index (χ0n) is 12.0. The highest BCUT2D eigenvalue weighted by atomic mass is 16.5. The maximum atomic E-state index is 12.1. The minimum absolute atomic E-state index is 0.0183. The van der Waals surface area contributed by atoms with Crippen molar-refractivity contribution in [2.24, 2.45) is 11.7 Å². The van der Waals surface area contributed by atoms with Crippen molar-refractivity contribution in [1.29, 1.82) is 0 Å². The van der Waals surface area contributed by atoms with Crippen LogP contribution in [0.3, 0.4) is 0 Å². The van der Waals surface area contributed by atoms with Gasteiger partial charge in [0.15, 0.2) is 6.61 Å². The molecule has 114 valence electrons. The fraction of sp³-hybridized carbons (Fsp3) is 0.467. The summed E-state index contributed by atoms with van der Waals surface area (Å²) in [5.41, 5.74) is 11.4. The quantitative estimate of drug-likeness (QED) is 0.782. The average molecular weight is 291 g/mol. The Morgan fingerprint density at radius 3 is 2.38 bits per heavy atom. The van der Waals surface area contributed by atoms with Gasteiger partial charge in [-0.05, 0) is 43.0 Å². The van der Waals surface area contributed by atoms with Crippen LogP contribution < -0.4 is 16.2 Å². The predicted molar refractivity (Wildman–Crippen MR) is 79.5 cm³/mol. The van der Waals surface area contributed by atoms with Gasteiger partial charge in [-0.2, -0.15) is 0 Å². The molecule has 1 fully saturated rings. The molecular weight excluding hydrogens is 270 g/mol. The predicted octanol–water partition coefficient (Wildman–Crippen LogP) is 0.762. The lowest BCUT2D eigenvalue weighted by Crippen LogP contribution is -2.41. The third-order valence-corrected chi connectivity index (χ3v) is 3.70. The van der Waals surface area contributed by atoms with Gasteiger partial charge < -0.3 is 21.1 Å². The minimum Gasteiger partial charge on any atom is -0.484 e. The third-order valence-electron chi connectivity index (χ3n) is 3.70. The van der Waals surface area contributed by atoms with Crippen LogP contribution in [0.25, 0.3) is 0 Å². The number of hydrogen-bond acceptors (Lipinski definition) is 4. The van der Waals surface area contributed by atoms with E-state index in [1.54, 1.807) is 29.2 Å². The summed E-state index contributed by atoms with van der Waals surface area (Å²) in [6, 6.07) is 6.94. The molecule has 0 saturated carbocycles. The highest BCUT2D eigenvalue weighted by Crippen LogP contribution is 2.20. The van der Waals surface area contributed by atoms with Crippen molar-refractivity contribution >= 4 is 17.5 Å². The van der Waals surface area contributed by atoms with Crippen LogP contribution in [0.15, 0.2) is 24.3 Å². The summed E-state index contributed by atoms with van der Waals surface area (Å²) in [5, 5.41) is 0. The SMILES string of the molecule is NC(=O)CC1CCN(C(=O)COc2ccc(N)cc2)CC1. The molecule has 2 amide bonds. The molecule has 2 rings (SSSR count). The number of benzene rings is 1. The second-order valence-electron chi connectivity index (χ2n) is 5.35. The first-order valence-electron chi connectivity index (χ1n) is 7.09. The molecule has 1 aliphatic rings. The first-order valence-corrected chi connectivity index (χ1v) is 7.09. The molecule has 0 atom stereocenters. The molecule has 6 nitrogen and oxygen atoms in total. The van der Waals surface area contributed by atoms with Crippen molar-refractivity contribution in [3.8, 4) is 5.75 Å². The lowest BCUT2D eigenvalue weighted by Gasteiger charge is -2.31. The standard InChI is InChI=1S/C15H21N3O3/c16-12-1-3-13(4-2-12)21-10-15(20)18-7-5-11(6-8-18)9-14(17)19/h1-4,11H,5-10,16H2,(H2,17,19). The summed E-state index contributed by atoms with van der Waals surface area (Å²) in [7, 11) is 0. The van der Waals surface area contributed by atoms with Crippen LogP contribution >= 0.6 is 0 Å². The number of nitrogens with two attached hydrogens (primary N) is 2. The molecule has 0 bridgehead atoms. The van der Waals surface area contributed by atoms with Gasteiger partial charge in [0.05, 0.1) is 0 Å². The van der Waals surface area contributed by atoms with Gasteiger partial charge in [0.2, 0.25) is 5.91 Å². The molecule has 0 aliphatic carbocycles. The number of hydrogen-bond donors (Lipinski definition) is 2. The monoisotopic (exact) mass is 291 g/mol. The van der Waals surface area contributed by atoms with E-state index in [1.165, 1.54) is 0 Å². The van der Waals surface area contributed by atoms with Crippen LogP contribution in [0.5, 0.6) is 5.75 Å². The van der Waals surface area contributed by atoms with Gasteiger partial charge >= 0.3 is 0 Å². The minimum atomic E-state index is -0.272. The number of nitrogens with zero attached hydrogens (tertiary/aromatic N) is 1. The molecule has 1 saturated heterocycles. The molecule has 1 aromatic rings. The number of likely N-dealkylation sites (tertiary alicyclic amines) is 1. The van der Waals surface area contributed by atoms with Crippen LogP contribution in [0.1, 0.15) is 19.3 Å². The zero-order chi connectivity index (χ0) is 15.2. The number of carbonyl (C=O) groups is 2. The Labute approximate surface area is 124 Å². The van der Waals surface area contributed by atoms with Crippen LogP contribution in [-0.2, 0) is 9.59 Å². The number of piperidine rings is 1. The first kappa shape index (κ1) is 15.2. The largest absolute Gasteiger partial charge is 0.484 e. The van der Waals surface area contributed by atoms with Crippen molar-refractivity contribution in [2.45, 2.75) is 19.3 Å². The van der Waals surface area contributed by atoms with Crippen LogP contribution in [0.2, 0.25) is 0 Å². The number of nitrogen functional groups attached to an aromatic ring is 1. The number of ether oxygens (including phenoxy) is 1. The Morgan fingerprint density at radius 2 is 1.81 bits per heavy atom. The fourth-order valence-corrected chi connectivity index (χ4v) is 2.47. The average Bonchev–Trinajstić information content (AvgIpc) is 2.46. The molecule has 4 N–H and O–H groups in total. The van der Waals surface area contributed by atoms with E-state index in [-0.39, 0.29) is 18.4 Å². The molecule has 21 heavy (non-hydrogen) atoms. The fourth-order valence-electron chi connectivity index (χ4n) is 2.47. The number of primary amides is 1. The summed E-state index contributed by atoms with van der Waals surface area (Å²) in [5.74, 6) is 0.613. The lowest BCUT2D eigenvalue weighted by molar-refractivity contribution is -0.134. The van der Waals surface area contributed by atoms with Crippen molar-refractivity contribution in [3.05, 3.63) is 24.3 Å². The second-order valence-corrected chi connectivity index (χ2v) is 5.35. The topological polar surface area (TPSA) is 98.7 Å². The Kier molecular flexibility index (Phi) is 5.03. The molecule has 6 heteroatoms. The molecule has 0 aromatic heterocycles. The Morgan fingerprint density at radius 1 is 1.19 bits per heavy atom. The van der Waals surface area contributed by atoms with Gasteiger partial charge in [0, 0.05) is 25.2 Å². The van der Waals surface area contributed by atoms with E-state index >= 15 is 0 Å². The maximum absolute atomic E-state index is 12.1. The number of rotatable bonds is 5. The number of carbonyl (C=O) groups excluding carboxylic acids is 2. The van der Waals surface area contributed by atoms with Crippen molar-refractivity contribution < 1.29 is 14.3 Å². The zero-order valence-corrected chi connectivity index (χ0v) is 12.0. The van der Waals surface area contributed by atoms with Crippen LogP contribution in [0, 0.1) is 5.92 Å². The molecular formula is C15H21N3O3. The smallest absolute Gasteiger partial charge is 0.260 e. The first-order chi connectivity index (χ1) is 10.0. The normalized spacial score (nSPS) is 15.7. The maximum Gasteiger partial charge on any atom is 0.260 e. The summed E-state index contributed by atoms with van der Waals surface area (Å²) >= 11 is 0. The van der Waals surface area contributed by atoms with Crippen molar-refractivity contribution in [1.82, 2.24) is 4.90 Å². The van der Waals surface area contributed by atoms with Gasteiger partial charge in [-0.15, -0.1) is 0 Å². The Balaban J connectivity index is 1.74. The van der Waals surface area contributed by atoms with E-state index in [0.717, 1.165) is 12.8 Å². The van der Waals surface area contributed by atoms with Crippen LogP contribution in [-0.4, -0.2) is 36.4 Å². The van der Waals surface area contributed by atoms with Gasteiger partial charge in [-0.25, -0.2) is 0 Å². The number of anilines is 1. The highest BCUT2D eigenvalue weighted by molar-refractivity contribution is 5.78. The summed E-state index contributed by atoms with van der Waals surface area (Å²) < 4.78 is 5.45. The van der Waals surface area contributed by atoms with Gasteiger partial charge in [-0.3, -0.25) is 9.59 Å². The van der Waals surface area contributed by atoms with Gasteiger partial charge in [-0.1, -0.05) is 0 Å². The summed E-state index contributed by atoms with van der Waals surface area (Å²) in [4.78, 5) is 24.7. The lowest BCUT2D eigenvalue weighted by atomic mass is 9.93. The molecule has 0 spiro atoms. The van der Waals surface area contributed by atoms with Crippen LogP contribution in [0.4, 0.5) is 5.69 Å². The summed E-state index contributed by atoms with van der Waals surface area (Å²) in [6.45, 7) is 1.33. The van der Waals surface area contributed by atoms with E-state index in [0.29, 0.717) is 36.9 Å². The van der Waals surface area contributed by atoms with Crippen molar-refractivity contribution in [2.75, 3.05) is 25.4 Å². The molecule has 0 unspecified atom stereocenters. The highest BCUT2D eigenvalue weighted by Gasteiger charge is 2.23. The van der Waals surface area contributed by atoms with Gasteiger partial charge in [0.1, 0.15) is 5.75 Å². The molecule has 1 aliphatic heterocycles. The van der Waals surface area contributed by atoms with E-state index in [4.69, 9.17) is 16.2 Å². The Hall–Kier alpha value is -2.24. The molecule has 1 heterocycles. The Bertz CT molecular complexity index is 493. The third kappa shape index (κ3) is 4.66.